The molecule has 182 valence electrons. The van der Waals surface area contributed by atoms with E-state index in [1.807, 2.05) is 6.07 Å². The minimum atomic E-state index is -4.58. The fraction of sp³-hybridized carbons (Fsp3) is 0.0800. The van der Waals surface area contributed by atoms with Gasteiger partial charge in [-0.25, -0.2) is 13.1 Å². The van der Waals surface area contributed by atoms with Crippen molar-refractivity contribution in [2.75, 3.05) is 11.6 Å². The minimum absolute atomic E-state index is 0.0453. The van der Waals surface area contributed by atoms with Crippen molar-refractivity contribution in [3.8, 4) is 23.0 Å². The van der Waals surface area contributed by atoms with Crippen molar-refractivity contribution >= 4 is 21.4 Å². The number of carbonyl (C=O) groups is 1. The third-order valence-electron chi connectivity index (χ3n) is 5.22. The molecule has 4 rings (SSSR count). The highest BCUT2D eigenvalue weighted by atomic mass is 32.2. The highest BCUT2D eigenvalue weighted by Gasteiger charge is 2.30. The Balaban J connectivity index is 1.76. The van der Waals surface area contributed by atoms with Crippen molar-refractivity contribution in [2.24, 2.45) is 0 Å². The lowest BCUT2D eigenvalue weighted by Crippen LogP contribution is -2.13. The standard InChI is InChI=1S/C25H17F3N4O3S/c1-36(34,35)21-11-7-17(8-12-21)23-22(15-32(31-23)20-9-5-16(14-29)6-10-20)24(33)30-19-4-2-3-18(13-19)25(26,27)28/h2-13,15H,1H3,(H,30,33). The van der Waals surface area contributed by atoms with Crippen LogP contribution in [-0.2, 0) is 16.0 Å². The first kappa shape index (κ1) is 24.7. The number of hydrogen-bond acceptors (Lipinski definition) is 5. The van der Waals surface area contributed by atoms with Crippen molar-refractivity contribution in [3.63, 3.8) is 0 Å². The summed E-state index contributed by atoms with van der Waals surface area (Å²) in [6, 6.07) is 18.3. The Morgan fingerprint density at radius 1 is 1.03 bits per heavy atom. The number of nitrogens with zero attached hydrogens (tertiary/aromatic N) is 3. The third kappa shape index (κ3) is 5.29. The summed E-state index contributed by atoms with van der Waals surface area (Å²) in [7, 11) is -3.45. The number of rotatable bonds is 5. The van der Waals surface area contributed by atoms with E-state index in [-0.39, 0.29) is 21.8 Å². The highest BCUT2D eigenvalue weighted by Crippen LogP contribution is 2.31. The normalized spacial score (nSPS) is 11.6. The molecule has 11 heteroatoms. The van der Waals surface area contributed by atoms with E-state index in [0.29, 0.717) is 16.8 Å². The lowest BCUT2D eigenvalue weighted by atomic mass is 10.1. The van der Waals surface area contributed by atoms with Crippen LogP contribution in [0.1, 0.15) is 21.5 Å². The molecule has 1 amide bonds. The number of nitriles is 1. The molecule has 0 aliphatic rings. The lowest BCUT2D eigenvalue weighted by molar-refractivity contribution is -0.137. The van der Waals surface area contributed by atoms with E-state index in [4.69, 9.17) is 5.26 Å². The molecular formula is C25H17F3N4O3S. The predicted molar refractivity (Wildman–Crippen MR) is 126 cm³/mol. The smallest absolute Gasteiger partial charge is 0.322 e. The van der Waals surface area contributed by atoms with Crippen LogP contribution in [-0.4, -0.2) is 30.4 Å². The molecule has 0 aliphatic heterocycles. The molecule has 0 spiro atoms. The summed E-state index contributed by atoms with van der Waals surface area (Å²) in [5.74, 6) is -0.712. The maximum atomic E-state index is 13.2. The van der Waals surface area contributed by atoms with Crippen LogP contribution in [0.15, 0.2) is 83.9 Å². The number of sulfone groups is 1. The van der Waals surface area contributed by atoms with Gasteiger partial charge < -0.3 is 5.32 Å². The molecular weight excluding hydrogens is 493 g/mol. The van der Waals surface area contributed by atoms with Crippen LogP contribution in [0.4, 0.5) is 18.9 Å². The fourth-order valence-electron chi connectivity index (χ4n) is 3.41. The van der Waals surface area contributed by atoms with Crippen LogP contribution < -0.4 is 5.32 Å². The van der Waals surface area contributed by atoms with Crippen LogP contribution in [0, 0.1) is 11.3 Å². The Morgan fingerprint density at radius 3 is 2.28 bits per heavy atom. The van der Waals surface area contributed by atoms with Crippen molar-refractivity contribution in [3.05, 3.63) is 95.7 Å². The van der Waals surface area contributed by atoms with Gasteiger partial charge in [-0.3, -0.25) is 4.79 Å². The molecule has 0 radical (unpaired) electrons. The van der Waals surface area contributed by atoms with Crippen molar-refractivity contribution < 1.29 is 26.4 Å². The van der Waals surface area contributed by atoms with Crippen LogP contribution in [0.5, 0.6) is 0 Å². The van der Waals surface area contributed by atoms with Gasteiger partial charge in [0.1, 0.15) is 5.69 Å². The number of aromatic nitrogens is 2. The zero-order valence-electron chi connectivity index (χ0n) is 18.6. The number of carbonyl (C=O) groups excluding carboxylic acids is 1. The molecule has 1 aromatic heterocycles. The van der Waals surface area contributed by atoms with Gasteiger partial charge in [0.15, 0.2) is 9.84 Å². The van der Waals surface area contributed by atoms with Gasteiger partial charge in [0.25, 0.3) is 5.91 Å². The fourth-order valence-corrected chi connectivity index (χ4v) is 4.04. The van der Waals surface area contributed by atoms with Gasteiger partial charge in [-0.2, -0.15) is 23.5 Å². The monoisotopic (exact) mass is 510 g/mol. The van der Waals surface area contributed by atoms with E-state index in [1.54, 1.807) is 24.3 Å². The topological polar surface area (TPSA) is 105 Å². The second-order valence-electron chi connectivity index (χ2n) is 7.82. The number of halogens is 3. The van der Waals surface area contributed by atoms with Crippen LogP contribution in [0.2, 0.25) is 0 Å². The largest absolute Gasteiger partial charge is 0.416 e. The van der Waals surface area contributed by atoms with E-state index < -0.39 is 27.5 Å². The molecule has 0 saturated heterocycles. The maximum absolute atomic E-state index is 13.2. The summed E-state index contributed by atoms with van der Waals surface area (Å²) in [5.41, 5.74) is 0.632. The number of hydrogen-bond donors (Lipinski definition) is 1. The molecule has 36 heavy (non-hydrogen) atoms. The quantitative estimate of drug-likeness (QED) is 0.403. The molecule has 0 saturated carbocycles. The minimum Gasteiger partial charge on any atom is -0.322 e. The molecule has 1 heterocycles. The second-order valence-corrected chi connectivity index (χ2v) is 9.84. The van der Waals surface area contributed by atoms with Crippen LogP contribution in [0.3, 0.4) is 0 Å². The SMILES string of the molecule is CS(=O)(=O)c1ccc(-c2nn(-c3ccc(C#N)cc3)cc2C(=O)Nc2cccc(C(F)(F)F)c2)cc1. The second kappa shape index (κ2) is 9.31. The van der Waals surface area contributed by atoms with Crippen molar-refractivity contribution in [2.45, 2.75) is 11.1 Å². The molecule has 0 fully saturated rings. The van der Waals surface area contributed by atoms with E-state index in [1.165, 1.54) is 47.3 Å². The van der Waals surface area contributed by atoms with E-state index in [0.717, 1.165) is 18.4 Å². The summed E-state index contributed by atoms with van der Waals surface area (Å²) in [6.45, 7) is 0. The van der Waals surface area contributed by atoms with Gasteiger partial charge in [-0.15, -0.1) is 0 Å². The molecule has 0 atom stereocenters. The Labute approximate surface area is 204 Å². The molecule has 0 bridgehead atoms. The zero-order chi connectivity index (χ0) is 26.1. The van der Waals surface area contributed by atoms with E-state index in [9.17, 15) is 26.4 Å². The van der Waals surface area contributed by atoms with Crippen LogP contribution in [0.25, 0.3) is 16.9 Å². The molecule has 3 aromatic carbocycles. The zero-order valence-corrected chi connectivity index (χ0v) is 19.4. The summed E-state index contributed by atoms with van der Waals surface area (Å²) < 4.78 is 64.3. The Kier molecular flexibility index (Phi) is 6.39. The van der Waals surface area contributed by atoms with Gasteiger partial charge in [0, 0.05) is 23.7 Å². The first-order valence-corrected chi connectivity index (χ1v) is 12.2. The first-order valence-electron chi connectivity index (χ1n) is 10.3. The number of benzene rings is 3. The number of anilines is 1. The summed E-state index contributed by atoms with van der Waals surface area (Å²) in [5, 5.41) is 15.9. The molecule has 0 unspecified atom stereocenters. The average Bonchev–Trinajstić information content (AvgIpc) is 3.29. The third-order valence-corrected chi connectivity index (χ3v) is 6.35. The van der Waals surface area contributed by atoms with Gasteiger partial charge in [0.05, 0.1) is 33.3 Å². The van der Waals surface area contributed by atoms with Gasteiger partial charge in [-0.05, 0) is 54.6 Å². The Hall–Kier alpha value is -4.43. The van der Waals surface area contributed by atoms with E-state index in [2.05, 4.69) is 10.4 Å². The van der Waals surface area contributed by atoms with E-state index >= 15 is 0 Å². The van der Waals surface area contributed by atoms with Gasteiger partial charge in [0.2, 0.25) is 0 Å². The lowest BCUT2D eigenvalue weighted by Gasteiger charge is -2.10. The molecule has 1 N–H and O–H groups in total. The molecule has 7 nitrogen and oxygen atoms in total. The van der Waals surface area contributed by atoms with Crippen molar-refractivity contribution in [1.82, 2.24) is 9.78 Å². The van der Waals surface area contributed by atoms with Crippen molar-refractivity contribution in [1.29, 1.82) is 5.26 Å². The summed E-state index contributed by atoms with van der Waals surface area (Å²) in [4.78, 5) is 13.2. The number of nitrogens with one attached hydrogen (secondary N) is 1. The Bertz CT molecular complexity index is 1590. The van der Waals surface area contributed by atoms with Gasteiger partial charge >= 0.3 is 6.18 Å². The molecule has 0 aliphatic carbocycles. The highest BCUT2D eigenvalue weighted by molar-refractivity contribution is 7.90. The summed E-state index contributed by atoms with van der Waals surface area (Å²) in [6.07, 6.45) is -2.10. The average molecular weight is 510 g/mol. The Morgan fingerprint density at radius 2 is 1.69 bits per heavy atom. The van der Waals surface area contributed by atoms with Gasteiger partial charge in [-0.1, -0.05) is 18.2 Å². The molecule has 4 aromatic rings. The summed E-state index contributed by atoms with van der Waals surface area (Å²) >= 11 is 0. The maximum Gasteiger partial charge on any atom is 0.416 e. The number of amides is 1. The first-order chi connectivity index (χ1) is 17.0. The number of alkyl halides is 3. The predicted octanol–water partition coefficient (Wildman–Crippen LogP) is 5.09. The van der Waals surface area contributed by atoms with Crippen LogP contribution >= 0.6 is 0 Å².